The Balaban J connectivity index is 3.88. The summed E-state index contributed by atoms with van der Waals surface area (Å²) in [7, 11) is 0. The molecule has 3 nitrogen and oxygen atoms in total. The second kappa shape index (κ2) is 5.97. The number of amides is 1. The number of primary amides is 1. The minimum atomic E-state index is -0.179. The highest BCUT2D eigenvalue weighted by Crippen LogP contribution is 2.08. The molecule has 13 heavy (non-hydrogen) atoms. The third kappa shape index (κ3) is 4.27. The Morgan fingerprint density at radius 1 is 1.15 bits per heavy atom. The summed E-state index contributed by atoms with van der Waals surface area (Å²) >= 11 is 0. The van der Waals surface area contributed by atoms with Crippen LogP contribution in [0.5, 0.6) is 0 Å². The molecule has 0 aliphatic rings. The van der Waals surface area contributed by atoms with E-state index in [1.807, 2.05) is 0 Å². The molecule has 0 saturated carbocycles. The van der Waals surface area contributed by atoms with Crippen LogP contribution < -0.4 is 5.73 Å². The van der Waals surface area contributed by atoms with Gasteiger partial charge in [0, 0.05) is 12.8 Å². The van der Waals surface area contributed by atoms with Crippen molar-refractivity contribution in [3.63, 3.8) is 0 Å². The van der Waals surface area contributed by atoms with Gasteiger partial charge in [0.2, 0.25) is 5.91 Å². The van der Waals surface area contributed by atoms with E-state index in [9.17, 15) is 4.79 Å². The summed E-state index contributed by atoms with van der Waals surface area (Å²) in [6.07, 6.45) is 1.45. The van der Waals surface area contributed by atoms with Crippen molar-refractivity contribution in [2.45, 2.75) is 33.6 Å². The SMILES string of the molecule is CC[N+](CC)(CC)CCCC(N)=O. The summed E-state index contributed by atoms with van der Waals surface area (Å²) in [5.41, 5.74) is 5.10. The number of nitrogens with two attached hydrogens (primary N) is 1. The number of rotatable bonds is 7. The van der Waals surface area contributed by atoms with E-state index in [0.717, 1.165) is 37.1 Å². The minimum absolute atomic E-state index is 0.179. The van der Waals surface area contributed by atoms with Gasteiger partial charge >= 0.3 is 0 Å². The van der Waals surface area contributed by atoms with Crippen LogP contribution >= 0.6 is 0 Å². The highest BCUT2D eigenvalue weighted by molar-refractivity contribution is 5.73. The van der Waals surface area contributed by atoms with E-state index in [1.54, 1.807) is 0 Å². The first-order chi connectivity index (χ1) is 6.10. The maximum absolute atomic E-state index is 10.6. The molecule has 0 rings (SSSR count). The molecule has 2 N–H and O–H groups in total. The van der Waals surface area contributed by atoms with Crippen LogP contribution in [0, 0.1) is 0 Å². The standard InChI is InChI=1S/C10H22N2O/c1-4-12(5-2,6-3)9-7-8-10(11)13/h4-9H2,1-3H3,(H-,11,13)/p+1. The zero-order chi connectivity index (χ0) is 10.3. The molecule has 78 valence electrons. The van der Waals surface area contributed by atoms with E-state index in [4.69, 9.17) is 5.73 Å². The lowest BCUT2D eigenvalue weighted by atomic mass is 10.2. The molecular weight excluding hydrogens is 164 g/mol. The van der Waals surface area contributed by atoms with Gasteiger partial charge in [-0.25, -0.2) is 0 Å². The van der Waals surface area contributed by atoms with Gasteiger partial charge in [-0.15, -0.1) is 0 Å². The van der Waals surface area contributed by atoms with Crippen molar-refractivity contribution in [3.05, 3.63) is 0 Å². The predicted molar refractivity (Wildman–Crippen MR) is 55.2 cm³/mol. The summed E-state index contributed by atoms with van der Waals surface area (Å²) < 4.78 is 1.10. The maximum Gasteiger partial charge on any atom is 0.217 e. The van der Waals surface area contributed by atoms with E-state index in [2.05, 4.69) is 20.8 Å². The number of carbonyl (C=O) groups is 1. The summed E-state index contributed by atoms with van der Waals surface area (Å²) in [6.45, 7) is 11.1. The zero-order valence-electron chi connectivity index (χ0n) is 9.18. The van der Waals surface area contributed by atoms with E-state index in [-0.39, 0.29) is 5.91 Å². The summed E-state index contributed by atoms with van der Waals surface area (Å²) in [4.78, 5) is 10.6. The Morgan fingerprint density at radius 3 is 1.92 bits per heavy atom. The van der Waals surface area contributed by atoms with Crippen LogP contribution in [-0.4, -0.2) is 36.6 Å². The van der Waals surface area contributed by atoms with E-state index >= 15 is 0 Å². The first-order valence-corrected chi connectivity index (χ1v) is 5.23. The molecule has 0 aliphatic heterocycles. The quantitative estimate of drug-likeness (QED) is 0.596. The Hall–Kier alpha value is -0.570. The van der Waals surface area contributed by atoms with E-state index in [0.29, 0.717) is 6.42 Å². The van der Waals surface area contributed by atoms with Crippen LogP contribution in [0.4, 0.5) is 0 Å². The summed E-state index contributed by atoms with van der Waals surface area (Å²) in [5, 5.41) is 0. The average Bonchev–Trinajstić information content (AvgIpc) is 2.13. The smallest absolute Gasteiger partial charge is 0.217 e. The number of nitrogens with zero attached hydrogens (tertiary/aromatic N) is 1. The molecule has 0 aromatic carbocycles. The average molecular weight is 187 g/mol. The molecule has 0 bridgehead atoms. The molecule has 0 atom stereocenters. The van der Waals surface area contributed by atoms with E-state index in [1.165, 1.54) is 0 Å². The molecule has 0 unspecified atom stereocenters. The number of hydrogen-bond donors (Lipinski definition) is 1. The first-order valence-electron chi connectivity index (χ1n) is 5.23. The van der Waals surface area contributed by atoms with Crippen LogP contribution in [-0.2, 0) is 4.79 Å². The molecule has 0 spiro atoms. The molecule has 0 aliphatic carbocycles. The largest absolute Gasteiger partial charge is 0.370 e. The molecule has 3 heteroatoms. The normalized spacial score (nSPS) is 11.6. The number of quaternary nitrogens is 1. The first kappa shape index (κ1) is 12.4. The zero-order valence-corrected chi connectivity index (χ0v) is 9.18. The molecule has 0 aromatic heterocycles. The lowest BCUT2D eigenvalue weighted by Gasteiger charge is -2.35. The van der Waals surface area contributed by atoms with Gasteiger partial charge in [0.25, 0.3) is 0 Å². The molecule has 0 fully saturated rings. The van der Waals surface area contributed by atoms with Crippen molar-refractivity contribution >= 4 is 5.91 Å². The van der Waals surface area contributed by atoms with Crippen molar-refractivity contribution in [2.24, 2.45) is 5.73 Å². The summed E-state index contributed by atoms with van der Waals surface area (Å²) in [5.74, 6) is -0.179. The third-order valence-electron chi connectivity index (χ3n) is 3.07. The van der Waals surface area contributed by atoms with Crippen molar-refractivity contribution in [1.29, 1.82) is 0 Å². The molecule has 0 saturated heterocycles. The molecule has 1 amide bonds. The Labute approximate surface area is 81.5 Å². The van der Waals surface area contributed by atoms with Gasteiger partial charge in [-0.2, -0.15) is 0 Å². The lowest BCUT2D eigenvalue weighted by Crippen LogP contribution is -2.48. The summed E-state index contributed by atoms with van der Waals surface area (Å²) in [6, 6.07) is 0. The van der Waals surface area contributed by atoms with Crippen LogP contribution in [0.1, 0.15) is 33.6 Å². The molecule has 0 radical (unpaired) electrons. The van der Waals surface area contributed by atoms with Gasteiger partial charge in [0.15, 0.2) is 0 Å². The van der Waals surface area contributed by atoms with Crippen LogP contribution in [0.15, 0.2) is 0 Å². The van der Waals surface area contributed by atoms with Crippen molar-refractivity contribution in [2.75, 3.05) is 26.2 Å². The van der Waals surface area contributed by atoms with Crippen molar-refractivity contribution < 1.29 is 9.28 Å². The van der Waals surface area contributed by atoms with Gasteiger partial charge in [-0.05, 0) is 20.8 Å². The predicted octanol–water partition coefficient (Wildman–Crippen LogP) is 1.13. The highest BCUT2D eigenvalue weighted by Gasteiger charge is 2.19. The van der Waals surface area contributed by atoms with Crippen LogP contribution in [0.25, 0.3) is 0 Å². The number of hydrogen-bond acceptors (Lipinski definition) is 1. The second-order valence-electron chi connectivity index (χ2n) is 3.58. The fourth-order valence-corrected chi connectivity index (χ4v) is 1.73. The Kier molecular flexibility index (Phi) is 5.71. The topological polar surface area (TPSA) is 43.1 Å². The fourth-order valence-electron chi connectivity index (χ4n) is 1.73. The third-order valence-corrected chi connectivity index (χ3v) is 3.07. The Bertz CT molecular complexity index is 145. The van der Waals surface area contributed by atoms with Gasteiger partial charge in [0.1, 0.15) is 0 Å². The molecule has 0 heterocycles. The highest BCUT2D eigenvalue weighted by atomic mass is 16.1. The maximum atomic E-state index is 10.6. The fraction of sp³-hybridized carbons (Fsp3) is 0.900. The van der Waals surface area contributed by atoms with E-state index < -0.39 is 0 Å². The van der Waals surface area contributed by atoms with Gasteiger partial charge in [-0.1, -0.05) is 0 Å². The number of carbonyl (C=O) groups excluding carboxylic acids is 1. The van der Waals surface area contributed by atoms with Crippen LogP contribution in [0.2, 0.25) is 0 Å². The second-order valence-corrected chi connectivity index (χ2v) is 3.58. The Morgan fingerprint density at radius 2 is 1.62 bits per heavy atom. The van der Waals surface area contributed by atoms with Gasteiger partial charge < -0.3 is 10.2 Å². The minimum Gasteiger partial charge on any atom is -0.370 e. The molecular formula is C10H23N2O+. The van der Waals surface area contributed by atoms with Gasteiger partial charge in [-0.3, -0.25) is 4.79 Å². The van der Waals surface area contributed by atoms with Crippen LogP contribution in [0.3, 0.4) is 0 Å². The monoisotopic (exact) mass is 187 g/mol. The van der Waals surface area contributed by atoms with Crippen molar-refractivity contribution in [1.82, 2.24) is 0 Å². The molecule has 0 aromatic rings. The lowest BCUT2D eigenvalue weighted by molar-refractivity contribution is -0.923. The van der Waals surface area contributed by atoms with Gasteiger partial charge in [0.05, 0.1) is 26.2 Å². The van der Waals surface area contributed by atoms with Crippen molar-refractivity contribution in [3.8, 4) is 0 Å².